The SMILES string of the molecule is COc1cc(/C=C2\SC(=S)N(CC(=O)Nc3ccc(F)cc3)C2=O)cc(OC)c1O. The van der Waals surface area contributed by atoms with Crippen LogP contribution < -0.4 is 14.8 Å². The van der Waals surface area contributed by atoms with Gasteiger partial charge in [-0.25, -0.2) is 4.39 Å². The van der Waals surface area contributed by atoms with Gasteiger partial charge in [0, 0.05) is 5.69 Å². The average molecular weight is 448 g/mol. The maximum atomic E-state index is 13.0. The second kappa shape index (κ2) is 9.14. The van der Waals surface area contributed by atoms with Gasteiger partial charge in [0.2, 0.25) is 11.7 Å². The molecule has 0 aromatic heterocycles. The first-order valence-electron chi connectivity index (χ1n) is 8.58. The van der Waals surface area contributed by atoms with Crippen molar-refractivity contribution < 1.29 is 28.6 Å². The van der Waals surface area contributed by atoms with E-state index in [-0.39, 0.29) is 28.1 Å². The third-order valence-electron chi connectivity index (χ3n) is 4.10. The lowest BCUT2D eigenvalue weighted by Gasteiger charge is -2.14. The standard InChI is InChI=1S/C20H17FN2O5S2/c1-27-14-7-11(8-15(28-2)18(14)25)9-16-19(26)23(20(29)30-16)10-17(24)22-13-5-3-12(21)4-6-13/h3-9,25H,10H2,1-2H3,(H,22,24)/b16-9-. The minimum atomic E-state index is -0.466. The van der Waals surface area contributed by atoms with Crippen molar-refractivity contribution in [2.24, 2.45) is 0 Å². The monoisotopic (exact) mass is 448 g/mol. The molecule has 0 spiro atoms. The molecular weight excluding hydrogens is 431 g/mol. The zero-order chi connectivity index (χ0) is 21.8. The second-order valence-corrected chi connectivity index (χ2v) is 7.77. The van der Waals surface area contributed by atoms with E-state index in [1.54, 1.807) is 18.2 Å². The Hall–Kier alpha value is -3.11. The summed E-state index contributed by atoms with van der Waals surface area (Å²) in [6, 6.07) is 8.37. The summed E-state index contributed by atoms with van der Waals surface area (Å²) in [6.07, 6.45) is 1.57. The molecule has 1 saturated heterocycles. The van der Waals surface area contributed by atoms with Crippen molar-refractivity contribution in [1.82, 2.24) is 4.90 Å². The number of halogens is 1. The Morgan fingerprint density at radius 2 is 1.83 bits per heavy atom. The molecule has 1 aliphatic heterocycles. The summed E-state index contributed by atoms with van der Waals surface area (Å²) >= 11 is 6.29. The van der Waals surface area contributed by atoms with Crippen molar-refractivity contribution >= 4 is 51.9 Å². The topological polar surface area (TPSA) is 88.1 Å². The van der Waals surface area contributed by atoms with Crippen LogP contribution in [-0.4, -0.2) is 46.9 Å². The van der Waals surface area contributed by atoms with Crippen LogP contribution in [0, 0.1) is 5.82 Å². The molecule has 2 aromatic rings. The van der Waals surface area contributed by atoms with E-state index in [0.29, 0.717) is 16.2 Å². The number of hydrogen-bond acceptors (Lipinski definition) is 7. The number of amides is 2. The van der Waals surface area contributed by atoms with Crippen molar-refractivity contribution in [2.75, 3.05) is 26.1 Å². The average Bonchev–Trinajstić information content (AvgIpc) is 2.98. The summed E-state index contributed by atoms with van der Waals surface area (Å²) in [5.41, 5.74) is 0.962. The van der Waals surface area contributed by atoms with Crippen molar-refractivity contribution in [3.8, 4) is 17.2 Å². The quantitative estimate of drug-likeness (QED) is 0.517. The summed E-state index contributed by atoms with van der Waals surface area (Å²) in [5, 5.41) is 12.6. The number of nitrogens with zero attached hydrogens (tertiary/aromatic N) is 1. The summed E-state index contributed by atoms with van der Waals surface area (Å²) in [5.74, 6) is -1.08. The lowest BCUT2D eigenvalue weighted by Crippen LogP contribution is -2.36. The summed E-state index contributed by atoms with van der Waals surface area (Å²) in [7, 11) is 2.80. The number of carbonyl (C=O) groups excluding carboxylic acids is 2. The lowest BCUT2D eigenvalue weighted by atomic mass is 10.1. The highest BCUT2D eigenvalue weighted by atomic mass is 32.2. The second-order valence-electron chi connectivity index (χ2n) is 6.10. The number of methoxy groups -OCH3 is 2. The van der Waals surface area contributed by atoms with Gasteiger partial charge in [0.25, 0.3) is 5.91 Å². The first-order chi connectivity index (χ1) is 14.3. The number of benzene rings is 2. The van der Waals surface area contributed by atoms with Crippen LogP contribution in [0.2, 0.25) is 0 Å². The van der Waals surface area contributed by atoms with Crippen molar-refractivity contribution in [1.29, 1.82) is 0 Å². The molecule has 0 saturated carbocycles. The van der Waals surface area contributed by atoms with Crippen LogP contribution in [0.5, 0.6) is 17.2 Å². The summed E-state index contributed by atoms with van der Waals surface area (Å²) < 4.78 is 23.4. The van der Waals surface area contributed by atoms with Gasteiger partial charge in [-0.15, -0.1) is 0 Å². The van der Waals surface area contributed by atoms with Crippen LogP contribution in [0.15, 0.2) is 41.3 Å². The van der Waals surface area contributed by atoms with Gasteiger partial charge in [-0.1, -0.05) is 24.0 Å². The van der Waals surface area contributed by atoms with Gasteiger partial charge in [-0.3, -0.25) is 14.5 Å². The Labute approximate surface area is 181 Å². The number of thiocarbonyl (C=S) groups is 1. The fourth-order valence-electron chi connectivity index (χ4n) is 2.66. The third kappa shape index (κ3) is 4.71. The number of thioether (sulfide) groups is 1. The largest absolute Gasteiger partial charge is 0.502 e. The van der Waals surface area contributed by atoms with Crippen LogP contribution in [-0.2, 0) is 9.59 Å². The van der Waals surface area contributed by atoms with Crippen LogP contribution in [0.1, 0.15) is 5.56 Å². The molecule has 1 aliphatic rings. The van der Waals surface area contributed by atoms with E-state index in [0.717, 1.165) is 11.8 Å². The third-order valence-corrected chi connectivity index (χ3v) is 5.48. The molecule has 3 rings (SSSR count). The highest BCUT2D eigenvalue weighted by Gasteiger charge is 2.33. The molecule has 2 aromatic carbocycles. The number of hydrogen-bond donors (Lipinski definition) is 2. The lowest BCUT2D eigenvalue weighted by molar-refractivity contribution is -0.126. The maximum absolute atomic E-state index is 13.0. The van der Waals surface area contributed by atoms with E-state index in [1.807, 2.05) is 0 Å². The first kappa shape index (κ1) is 21.6. The number of ether oxygens (including phenoxy) is 2. The maximum Gasteiger partial charge on any atom is 0.266 e. The number of aromatic hydroxyl groups is 1. The molecule has 0 aliphatic carbocycles. The van der Waals surface area contributed by atoms with E-state index in [2.05, 4.69) is 5.32 Å². The van der Waals surface area contributed by atoms with Gasteiger partial charge in [0.1, 0.15) is 16.7 Å². The zero-order valence-corrected chi connectivity index (χ0v) is 17.6. The Morgan fingerprint density at radius 3 is 2.40 bits per heavy atom. The number of phenolic OH excluding ortho intramolecular Hbond substituents is 1. The molecule has 2 amide bonds. The molecular formula is C20H17FN2O5S2. The predicted molar refractivity (Wildman–Crippen MR) is 116 cm³/mol. The summed E-state index contributed by atoms with van der Waals surface area (Å²) in [6.45, 7) is -0.276. The molecule has 1 heterocycles. The number of carbonyl (C=O) groups is 2. The fraction of sp³-hybridized carbons (Fsp3) is 0.150. The zero-order valence-electron chi connectivity index (χ0n) is 16.0. The highest BCUT2D eigenvalue weighted by Crippen LogP contribution is 2.39. The molecule has 0 bridgehead atoms. The van der Waals surface area contributed by atoms with Crippen LogP contribution in [0.4, 0.5) is 10.1 Å². The van der Waals surface area contributed by atoms with Gasteiger partial charge in [-0.2, -0.15) is 0 Å². The minimum absolute atomic E-state index is 0.151. The molecule has 2 N–H and O–H groups in total. The molecule has 0 atom stereocenters. The Kier molecular flexibility index (Phi) is 6.58. The number of anilines is 1. The van der Waals surface area contributed by atoms with Gasteiger partial charge in [0.15, 0.2) is 11.5 Å². The first-order valence-corrected chi connectivity index (χ1v) is 9.80. The van der Waals surface area contributed by atoms with E-state index in [9.17, 15) is 19.1 Å². The molecule has 1 fully saturated rings. The Bertz CT molecular complexity index is 1010. The number of nitrogens with one attached hydrogen (secondary N) is 1. The van der Waals surface area contributed by atoms with E-state index in [1.165, 1.54) is 43.4 Å². The van der Waals surface area contributed by atoms with E-state index in [4.69, 9.17) is 21.7 Å². The smallest absolute Gasteiger partial charge is 0.266 e. The van der Waals surface area contributed by atoms with Crippen LogP contribution in [0.25, 0.3) is 6.08 Å². The van der Waals surface area contributed by atoms with Gasteiger partial charge < -0.3 is 19.9 Å². The van der Waals surface area contributed by atoms with E-state index < -0.39 is 17.6 Å². The normalized spacial score (nSPS) is 14.9. The minimum Gasteiger partial charge on any atom is -0.502 e. The number of phenols is 1. The summed E-state index contributed by atoms with van der Waals surface area (Å²) in [4.78, 5) is 26.5. The van der Waals surface area contributed by atoms with Gasteiger partial charge >= 0.3 is 0 Å². The molecule has 30 heavy (non-hydrogen) atoms. The van der Waals surface area contributed by atoms with Crippen molar-refractivity contribution in [3.63, 3.8) is 0 Å². The molecule has 7 nitrogen and oxygen atoms in total. The molecule has 10 heteroatoms. The Balaban J connectivity index is 1.75. The van der Waals surface area contributed by atoms with Gasteiger partial charge in [0.05, 0.1) is 19.1 Å². The molecule has 156 valence electrons. The fourth-order valence-corrected chi connectivity index (χ4v) is 3.92. The van der Waals surface area contributed by atoms with E-state index >= 15 is 0 Å². The Morgan fingerprint density at radius 1 is 1.23 bits per heavy atom. The van der Waals surface area contributed by atoms with Crippen molar-refractivity contribution in [3.05, 3.63) is 52.7 Å². The predicted octanol–water partition coefficient (Wildman–Crippen LogP) is 3.39. The van der Waals surface area contributed by atoms with Gasteiger partial charge in [-0.05, 0) is 48.0 Å². The van der Waals surface area contributed by atoms with Crippen molar-refractivity contribution in [2.45, 2.75) is 0 Å². The molecule has 0 radical (unpaired) electrons. The van der Waals surface area contributed by atoms with Crippen LogP contribution in [0.3, 0.4) is 0 Å². The van der Waals surface area contributed by atoms with Crippen LogP contribution >= 0.6 is 24.0 Å². The number of rotatable bonds is 6. The highest BCUT2D eigenvalue weighted by molar-refractivity contribution is 8.26. The molecule has 0 unspecified atom stereocenters.